The van der Waals surface area contributed by atoms with Gasteiger partial charge in [-0.3, -0.25) is 0 Å². The fraction of sp³-hybridized carbons (Fsp3) is 0.364. The Hall–Kier alpha value is -1.72. The molecule has 0 saturated carbocycles. The van der Waals surface area contributed by atoms with Crippen molar-refractivity contribution in [2.24, 2.45) is 4.99 Å². The van der Waals surface area contributed by atoms with E-state index in [4.69, 9.17) is 9.47 Å². The predicted octanol–water partition coefficient (Wildman–Crippen LogP) is 2.69. The second kappa shape index (κ2) is 4.27. The molecule has 1 aromatic rings. The predicted molar refractivity (Wildman–Crippen MR) is 54.1 cm³/mol. The van der Waals surface area contributed by atoms with Crippen LogP contribution < -0.4 is 4.74 Å². The Balaban J connectivity index is 2.46. The van der Waals surface area contributed by atoms with Gasteiger partial charge in [0, 0.05) is 0 Å². The van der Waals surface area contributed by atoms with Gasteiger partial charge in [0.1, 0.15) is 18.4 Å². The number of halogens is 3. The normalized spacial score (nSPS) is 19.2. The van der Waals surface area contributed by atoms with Crippen LogP contribution in [0.25, 0.3) is 0 Å². The molecular formula is C11H9F3NO2. The summed E-state index contributed by atoms with van der Waals surface area (Å²) in [4.78, 5) is 3.72. The maximum Gasteiger partial charge on any atom is 0.416 e. The monoisotopic (exact) mass is 244 g/mol. The van der Waals surface area contributed by atoms with E-state index in [9.17, 15) is 13.2 Å². The molecule has 2 rings (SSSR count). The molecule has 6 heteroatoms. The Morgan fingerprint density at radius 2 is 2.24 bits per heavy atom. The smallest absolute Gasteiger partial charge is 0.416 e. The van der Waals surface area contributed by atoms with Gasteiger partial charge in [0.05, 0.1) is 12.7 Å². The second-order valence-corrected chi connectivity index (χ2v) is 3.50. The Labute approximate surface area is 95.9 Å². The summed E-state index contributed by atoms with van der Waals surface area (Å²) in [7, 11) is 1.32. The molecule has 17 heavy (non-hydrogen) atoms. The van der Waals surface area contributed by atoms with E-state index < -0.39 is 17.8 Å². The van der Waals surface area contributed by atoms with Crippen molar-refractivity contribution >= 4 is 6.40 Å². The first kappa shape index (κ1) is 11.8. The molecular weight excluding hydrogens is 235 g/mol. The molecule has 0 N–H and O–H groups in total. The van der Waals surface area contributed by atoms with Crippen molar-refractivity contribution in [1.29, 1.82) is 0 Å². The Morgan fingerprint density at radius 1 is 1.47 bits per heavy atom. The van der Waals surface area contributed by atoms with Gasteiger partial charge in [-0.25, -0.2) is 4.99 Å². The first-order valence-electron chi connectivity index (χ1n) is 4.84. The molecule has 0 aromatic heterocycles. The van der Waals surface area contributed by atoms with E-state index in [1.54, 1.807) is 0 Å². The summed E-state index contributed by atoms with van der Waals surface area (Å²) in [5.74, 6) is 0.160. The van der Waals surface area contributed by atoms with E-state index in [0.29, 0.717) is 0 Å². The SMILES string of the molecule is COc1ccc(C2CO[C]=N2)c(C(F)(F)F)c1. The van der Waals surface area contributed by atoms with Crippen LogP contribution >= 0.6 is 0 Å². The molecule has 0 bridgehead atoms. The standard InChI is InChI=1S/C11H9F3NO2/c1-16-7-2-3-8(10-5-17-6-15-10)9(4-7)11(12,13)14/h2-4,10H,5H2,1H3. The summed E-state index contributed by atoms with van der Waals surface area (Å²) >= 11 is 0. The highest BCUT2D eigenvalue weighted by atomic mass is 19.4. The summed E-state index contributed by atoms with van der Waals surface area (Å²) in [5.41, 5.74) is -0.679. The van der Waals surface area contributed by atoms with Crippen molar-refractivity contribution in [3.8, 4) is 5.75 Å². The van der Waals surface area contributed by atoms with Gasteiger partial charge < -0.3 is 9.47 Å². The van der Waals surface area contributed by atoms with Gasteiger partial charge in [-0.1, -0.05) is 6.07 Å². The van der Waals surface area contributed by atoms with Crippen LogP contribution in [0.3, 0.4) is 0 Å². The third kappa shape index (κ3) is 2.35. The van der Waals surface area contributed by atoms with Gasteiger partial charge in [-0.05, 0) is 17.7 Å². The molecule has 1 aromatic carbocycles. The van der Waals surface area contributed by atoms with Gasteiger partial charge in [0.15, 0.2) is 0 Å². The molecule has 0 fully saturated rings. The van der Waals surface area contributed by atoms with Crippen molar-refractivity contribution in [1.82, 2.24) is 0 Å². The highest BCUT2D eigenvalue weighted by Crippen LogP contribution is 2.38. The Kier molecular flexibility index (Phi) is 2.95. The summed E-state index contributed by atoms with van der Waals surface area (Å²) in [6.45, 7) is 0.0788. The average Bonchev–Trinajstić information content (AvgIpc) is 2.80. The molecule has 0 amide bonds. The van der Waals surface area contributed by atoms with Crippen molar-refractivity contribution < 1.29 is 22.6 Å². The maximum atomic E-state index is 12.9. The van der Waals surface area contributed by atoms with E-state index in [0.717, 1.165) is 6.07 Å². The lowest BCUT2D eigenvalue weighted by Gasteiger charge is -2.16. The Morgan fingerprint density at radius 3 is 2.76 bits per heavy atom. The molecule has 1 heterocycles. The van der Waals surface area contributed by atoms with Gasteiger partial charge in [-0.2, -0.15) is 13.2 Å². The van der Waals surface area contributed by atoms with Gasteiger partial charge in [-0.15, -0.1) is 0 Å². The van der Waals surface area contributed by atoms with Crippen molar-refractivity contribution in [3.63, 3.8) is 0 Å². The van der Waals surface area contributed by atoms with Crippen LogP contribution in [0.1, 0.15) is 17.2 Å². The van der Waals surface area contributed by atoms with Gasteiger partial charge >= 0.3 is 6.18 Å². The number of ether oxygens (including phenoxy) is 2. The molecule has 1 unspecified atom stereocenters. The lowest BCUT2D eigenvalue weighted by Crippen LogP contribution is -2.12. The van der Waals surface area contributed by atoms with E-state index in [-0.39, 0.29) is 17.9 Å². The zero-order chi connectivity index (χ0) is 12.5. The highest BCUT2D eigenvalue weighted by Gasteiger charge is 2.36. The molecule has 0 aliphatic carbocycles. The third-order valence-corrected chi connectivity index (χ3v) is 2.44. The number of methoxy groups -OCH3 is 1. The summed E-state index contributed by atoms with van der Waals surface area (Å²) in [6.07, 6.45) is -2.24. The zero-order valence-electron chi connectivity index (χ0n) is 8.91. The number of aliphatic imine (C=N–C) groups is 1. The van der Waals surface area contributed by atoms with E-state index >= 15 is 0 Å². The largest absolute Gasteiger partial charge is 0.497 e. The second-order valence-electron chi connectivity index (χ2n) is 3.50. The number of nitrogens with zero attached hydrogens (tertiary/aromatic N) is 1. The van der Waals surface area contributed by atoms with Crippen LogP contribution in [0.15, 0.2) is 23.2 Å². The summed E-state index contributed by atoms with van der Waals surface area (Å²) < 4.78 is 48.1. The molecule has 1 aliphatic heterocycles. The fourth-order valence-corrected chi connectivity index (χ4v) is 1.61. The minimum atomic E-state index is -4.44. The molecule has 1 radical (unpaired) electrons. The lowest BCUT2D eigenvalue weighted by atomic mass is 10.0. The van der Waals surface area contributed by atoms with Crippen LogP contribution in [-0.2, 0) is 10.9 Å². The van der Waals surface area contributed by atoms with E-state index in [1.165, 1.54) is 19.2 Å². The van der Waals surface area contributed by atoms with Crippen molar-refractivity contribution in [2.45, 2.75) is 12.2 Å². The average molecular weight is 244 g/mol. The Bertz CT molecular complexity index is 443. The minimum absolute atomic E-state index is 0.0725. The number of rotatable bonds is 2. The van der Waals surface area contributed by atoms with Crippen molar-refractivity contribution in [2.75, 3.05) is 13.7 Å². The first-order valence-corrected chi connectivity index (χ1v) is 4.84. The number of benzene rings is 1. The van der Waals surface area contributed by atoms with Crippen LogP contribution in [0.2, 0.25) is 0 Å². The van der Waals surface area contributed by atoms with Crippen LogP contribution in [0, 0.1) is 0 Å². The number of hydrogen-bond donors (Lipinski definition) is 0. The molecule has 1 atom stereocenters. The molecule has 1 aliphatic rings. The van der Waals surface area contributed by atoms with E-state index in [2.05, 4.69) is 11.4 Å². The summed E-state index contributed by atoms with van der Waals surface area (Å²) in [5, 5.41) is 0. The molecule has 3 nitrogen and oxygen atoms in total. The number of alkyl halides is 3. The van der Waals surface area contributed by atoms with E-state index in [1.807, 2.05) is 0 Å². The lowest BCUT2D eigenvalue weighted by molar-refractivity contribution is -0.138. The third-order valence-electron chi connectivity index (χ3n) is 2.44. The first-order chi connectivity index (χ1) is 8.02. The van der Waals surface area contributed by atoms with Crippen LogP contribution in [-0.4, -0.2) is 20.1 Å². The molecule has 0 spiro atoms. The topological polar surface area (TPSA) is 30.8 Å². The molecule has 91 valence electrons. The molecule has 0 saturated heterocycles. The zero-order valence-corrected chi connectivity index (χ0v) is 8.91. The maximum absolute atomic E-state index is 12.9. The minimum Gasteiger partial charge on any atom is -0.497 e. The number of hydrogen-bond acceptors (Lipinski definition) is 3. The van der Waals surface area contributed by atoms with Crippen molar-refractivity contribution in [3.05, 3.63) is 29.3 Å². The quantitative estimate of drug-likeness (QED) is 0.800. The highest BCUT2D eigenvalue weighted by molar-refractivity contribution is 5.51. The van der Waals surface area contributed by atoms with Crippen LogP contribution in [0.4, 0.5) is 13.2 Å². The van der Waals surface area contributed by atoms with Gasteiger partial charge in [0.25, 0.3) is 6.40 Å². The summed E-state index contributed by atoms with van der Waals surface area (Å²) in [6, 6.07) is 3.13. The fourth-order valence-electron chi connectivity index (χ4n) is 1.61. The van der Waals surface area contributed by atoms with Crippen LogP contribution in [0.5, 0.6) is 5.75 Å². The van der Waals surface area contributed by atoms with Gasteiger partial charge in [0.2, 0.25) is 0 Å².